The second-order valence-corrected chi connectivity index (χ2v) is 5.72. The van der Waals surface area contributed by atoms with Crippen LogP contribution in [0, 0.1) is 24.0 Å². The van der Waals surface area contributed by atoms with Crippen LogP contribution in [0.1, 0.15) is 27.4 Å². The summed E-state index contributed by atoms with van der Waals surface area (Å²) in [6.07, 6.45) is 0. The van der Waals surface area contributed by atoms with Crippen LogP contribution in [0.3, 0.4) is 0 Å². The Morgan fingerprint density at radius 2 is 2.14 bits per heavy atom. The number of halogens is 1. The third-order valence-electron chi connectivity index (χ3n) is 3.48. The summed E-state index contributed by atoms with van der Waals surface area (Å²) < 4.78 is 1.80. The van der Waals surface area contributed by atoms with Gasteiger partial charge in [0.15, 0.2) is 5.69 Å². The quantitative estimate of drug-likeness (QED) is 0.650. The molecule has 0 aromatic carbocycles. The highest BCUT2D eigenvalue weighted by atomic mass is 79.9. The largest absolute Gasteiger partial charge is 0.358 e. The fourth-order valence-electron chi connectivity index (χ4n) is 2.12. The molecule has 10 heteroatoms. The van der Waals surface area contributed by atoms with E-state index in [2.05, 4.69) is 31.2 Å². The summed E-state index contributed by atoms with van der Waals surface area (Å²) >= 11 is 3.04. The molecule has 1 N–H and O–H groups in total. The van der Waals surface area contributed by atoms with Crippen LogP contribution < -0.4 is 0 Å². The van der Waals surface area contributed by atoms with Crippen LogP contribution in [0.5, 0.6) is 0 Å². The molecule has 1 amide bonds. The zero-order chi connectivity index (χ0) is 16.6. The molecule has 0 atom stereocenters. The average Bonchev–Trinajstić information content (AvgIpc) is 2.93. The van der Waals surface area contributed by atoms with Gasteiger partial charge >= 0.3 is 5.82 Å². The Morgan fingerprint density at radius 3 is 2.59 bits per heavy atom. The monoisotopic (exact) mass is 370 g/mol. The number of rotatable bonds is 4. The maximum absolute atomic E-state index is 12.4. The highest BCUT2D eigenvalue weighted by Crippen LogP contribution is 2.26. The molecule has 0 aliphatic heterocycles. The fourth-order valence-corrected chi connectivity index (χ4v) is 2.61. The average molecular weight is 371 g/mol. The molecule has 2 rings (SSSR count). The predicted molar refractivity (Wildman–Crippen MR) is 81.4 cm³/mol. The number of aryl methyl sites for hydroxylation is 2. The maximum atomic E-state index is 12.4. The molecule has 9 nitrogen and oxygen atoms in total. The molecule has 0 bridgehead atoms. The van der Waals surface area contributed by atoms with E-state index in [1.54, 1.807) is 11.7 Å². The molecule has 0 fully saturated rings. The van der Waals surface area contributed by atoms with Crippen molar-refractivity contribution in [3.63, 3.8) is 0 Å². The van der Waals surface area contributed by atoms with Crippen LogP contribution in [0.15, 0.2) is 4.47 Å². The van der Waals surface area contributed by atoms with Crippen molar-refractivity contribution in [2.45, 2.75) is 20.4 Å². The number of hydrogen-bond acceptors (Lipinski definition) is 5. The SMILES string of the molecule is Cc1nn(C)c(C)c1CN(C)C(=O)c1n[nH]c([N+](=O)[O-])c1Br. The summed E-state index contributed by atoms with van der Waals surface area (Å²) in [5, 5.41) is 21.0. The number of carbonyl (C=O) groups excluding carboxylic acids is 1. The lowest BCUT2D eigenvalue weighted by Crippen LogP contribution is -2.27. The normalized spacial score (nSPS) is 10.8. The molecular weight excluding hydrogens is 356 g/mol. The van der Waals surface area contributed by atoms with E-state index < -0.39 is 10.8 Å². The van der Waals surface area contributed by atoms with E-state index in [9.17, 15) is 14.9 Å². The molecule has 2 aromatic rings. The van der Waals surface area contributed by atoms with Gasteiger partial charge in [-0.3, -0.25) is 9.48 Å². The van der Waals surface area contributed by atoms with E-state index in [1.807, 2.05) is 20.9 Å². The minimum Gasteiger partial charge on any atom is -0.358 e. The van der Waals surface area contributed by atoms with E-state index in [1.165, 1.54) is 4.90 Å². The number of carbonyl (C=O) groups is 1. The number of amides is 1. The van der Waals surface area contributed by atoms with Gasteiger partial charge in [-0.2, -0.15) is 5.10 Å². The highest BCUT2D eigenvalue weighted by molar-refractivity contribution is 9.10. The Bertz CT molecular complexity index is 750. The van der Waals surface area contributed by atoms with Gasteiger partial charge < -0.3 is 15.0 Å². The van der Waals surface area contributed by atoms with E-state index in [0.29, 0.717) is 6.54 Å². The minimum absolute atomic E-state index is 0.0200. The number of hydrogen-bond donors (Lipinski definition) is 1. The first-order valence-electron chi connectivity index (χ1n) is 6.36. The standard InChI is InChI=1S/C12H15BrN6O3/c1-6-8(7(2)18(4)16-6)5-17(3)12(20)10-9(13)11(15-14-10)19(21)22/h5H2,1-4H3,(H,14,15). The number of nitrogens with zero attached hydrogens (tertiary/aromatic N) is 5. The third kappa shape index (κ3) is 2.73. The fraction of sp³-hybridized carbons (Fsp3) is 0.417. The molecule has 0 radical (unpaired) electrons. The smallest absolute Gasteiger partial charge is 0.357 e. The van der Waals surface area contributed by atoms with Crippen LogP contribution in [0.25, 0.3) is 0 Å². The van der Waals surface area contributed by atoms with Crippen molar-refractivity contribution < 1.29 is 9.72 Å². The number of H-pyrrole nitrogens is 1. The number of aromatic nitrogens is 4. The Kier molecular flexibility index (Phi) is 4.31. The first-order valence-corrected chi connectivity index (χ1v) is 7.16. The summed E-state index contributed by atoms with van der Waals surface area (Å²) in [7, 11) is 3.45. The van der Waals surface area contributed by atoms with Crippen LogP contribution in [0.2, 0.25) is 0 Å². The Hall–Kier alpha value is -2.23. The van der Waals surface area contributed by atoms with Gasteiger partial charge in [-0.25, -0.2) is 0 Å². The Balaban J connectivity index is 2.24. The van der Waals surface area contributed by atoms with Crippen molar-refractivity contribution in [3.8, 4) is 0 Å². The predicted octanol–water partition coefficient (Wildman–Crippen LogP) is 1.70. The number of nitrogens with one attached hydrogen (secondary N) is 1. The van der Waals surface area contributed by atoms with Gasteiger partial charge in [0, 0.05) is 31.9 Å². The lowest BCUT2D eigenvalue weighted by Gasteiger charge is -2.16. The maximum Gasteiger partial charge on any atom is 0.357 e. The van der Waals surface area contributed by atoms with Crippen LogP contribution in [0.4, 0.5) is 5.82 Å². The summed E-state index contributed by atoms with van der Waals surface area (Å²) in [5.74, 6) is -0.760. The van der Waals surface area contributed by atoms with Gasteiger partial charge in [-0.1, -0.05) is 5.10 Å². The number of nitro groups is 1. The molecule has 22 heavy (non-hydrogen) atoms. The van der Waals surface area contributed by atoms with Crippen molar-refractivity contribution in [2.24, 2.45) is 7.05 Å². The third-order valence-corrected chi connectivity index (χ3v) is 4.23. The molecule has 118 valence electrons. The minimum atomic E-state index is -0.636. The number of aromatic amines is 1. The topological polar surface area (TPSA) is 110 Å². The van der Waals surface area contributed by atoms with Crippen molar-refractivity contribution in [3.05, 3.63) is 37.2 Å². The van der Waals surface area contributed by atoms with Crippen LogP contribution in [-0.2, 0) is 13.6 Å². The zero-order valence-corrected chi connectivity index (χ0v) is 14.1. The molecule has 0 aliphatic carbocycles. The van der Waals surface area contributed by atoms with Gasteiger partial charge in [0.2, 0.25) is 0 Å². The van der Waals surface area contributed by atoms with Crippen molar-refractivity contribution in [1.82, 2.24) is 24.9 Å². The van der Waals surface area contributed by atoms with E-state index in [4.69, 9.17) is 0 Å². The van der Waals surface area contributed by atoms with Gasteiger partial charge in [-0.05, 0) is 34.7 Å². The molecule has 0 saturated heterocycles. The first kappa shape index (κ1) is 16.1. The summed E-state index contributed by atoms with van der Waals surface area (Å²) in [6, 6.07) is 0. The Labute approximate surface area is 134 Å². The van der Waals surface area contributed by atoms with Gasteiger partial charge in [0.1, 0.15) is 4.47 Å². The van der Waals surface area contributed by atoms with Gasteiger partial charge in [0.25, 0.3) is 5.91 Å². The molecule has 2 heterocycles. The second-order valence-electron chi connectivity index (χ2n) is 4.93. The second kappa shape index (κ2) is 5.87. The molecule has 0 spiro atoms. The van der Waals surface area contributed by atoms with Crippen molar-refractivity contribution >= 4 is 27.7 Å². The summed E-state index contributed by atoms with van der Waals surface area (Å²) in [4.78, 5) is 24.0. The molecular formula is C12H15BrN6O3. The Morgan fingerprint density at radius 1 is 1.50 bits per heavy atom. The van der Waals surface area contributed by atoms with Crippen LogP contribution >= 0.6 is 15.9 Å². The van der Waals surface area contributed by atoms with Gasteiger partial charge in [0.05, 0.1) is 5.69 Å². The van der Waals surface area contributed by atoms with Crippen molar-refractivity contribution in [1.29, 1.82) is 0 Å². The van der Waals surface area contributed by atoms with E-state index >= 15 is 0 Å². The molecule has 0 saturated carbocycles. The van der Waals surface area contributed by atoms with Crippen molar-refractivity contribution in [2.75, 3.05) is 7.05 Å². The summed E-state index contributed by atoms with van der Waals surface area (Å²) in [6.45, 7) is 4.14. The van der Waals surface area contributed by atoms with E-state index in [0.717, 1.165) is 17.0 Å². The van der Waals surface area contributed by atoms with Crippen LogP contribution in [-0.4, -0.2) is 42.8 Å². The lowest BCUT2D eigenvalue weighted by molar-refractivity contribution is -0.390. The lowest BCUT2D eigenvalue weighted by atomic mass is 10.2. The summed E-state index contributed by atoms with van der Waals surface area (Å²) in [5.41, 5.74) is 2.73. The molecule has 0 unspecified atom stereocenters. The zero-order valence-electron chi connectivity index (χ0n) is 12.5. The molecule has 0 aliphatic rings. The van der Waals surface area contributed by atoms with E-state index in [-0.39, 0.29) is 16.0 Å². The van der Waals surface area contributed by atoms with Gasteiger partial charge in [-0.15, -0.1) is 5.10 Å². The molecule has 2 aromatic heterocycles. The highest BCUT2D eigenvalue weighted by Gasteiger charge is 2.27. The first-order chi connectivity index (χ1) is 10.2.